The minimum Gasteiger partial charge on any atom is -0.398 e. The first-order chi connectivity index (χ1) is 8.08. The zero-order valence-electron chi connectivity index (χ0n) is 10.6. The molecule has 2 rings (SSSR count). The minimum absolute atomic E-state index is 0.600. The predicted molar refractivity (Wildman–Crippen MR) is 78.3 cm³/mol. The van der Waals surface area contributed by atoms with Gasteiger partial charge < -0.3 is 11.1 Å². The molecular weight excluding hydrogens is 276 g/mol. The first-order valence-electron chi connectivity index (χ1n) is 6.40. The van der Waals surface area contributed by atoms with E-state index >= 15 is 0 Å². The molecule has 1 aromatic carbocycles. The van der Waals surface area contributed by atoms with Crippen molar-refractivity contribution in [1.29, 1.82) is 0 Å². The number of hydrogen-bond acceptors (Lipinski definition) is 2. The number of hydrogen-bond donors (Lipinski definition) is 2. The van der Waals surface area contributed by atoms with Crippen LogP contribution >= 0.6 is 15.9 Å². The largest absolute Gasteiger partial charge is 0.398 e. The number of benzene rings is 1. The molecule has 1 aliphatic rings. The van der Waals surface area contributed by atoms with Crippen LogP contribution in [-0.4, -0.2) is 6.04 Å². The van der Waals surface area contributed by atoms with Crippen molar-refractivity contribution >= 4 is 27.3 Å². The molecule has 2 unspecified atom stereocenters. The number of nitrogen functional groups attached to an aromatic ring is 1. The SMILES string of the molecule is Cc1cc(NC2CCCCC2C)c(Br)cc1N. The van der Waals surface area contributed by atoms with Gasteiger partial charge in [-0.05, 0) is 59.3 Å². The van der Waals surface area contributed by atoms with Crippen LogP contribution in [0.3, 0.4) is 0 Å². The van der Waals surface area contributed by atoms with Gasteiger partial charge in [-0.25, -0.2) is 0 Å². The van der Waals surface area contributed by atoms with E-state index in [-0.39, 0.29) is 0 Å². The molecule has 0 amide bonds. The van der Waals surface area contributed by atoms with Crippen molar-refractivity contribution in [2.75, 3.05) is 11.1 Å². The molecule has 1 aromatic rings. The van der Waals surface area contributed by atoms with E-state index in [1.807, 2.05) is 6.07 Å². The maximum Gasteiger partial charge on any atom is 0.0491 e. The van der Waals surface area contributed by atoms with Crippen LogP contribution in [0.25, 0.3) is 0 Å². The van der Waals surface area contributed by atoms with Gasteiger partial charge in [0.25, 0.3) is 0 Å². The number of anilines is 2. The van der Waals surface area contributed by atoms with Crippen molar-refractivity contribution in [2.45, 2.75) is 45.6 Å². The zero-order valence-corrected chi connectivity index (χ0v) is 12.2. The Bertz CT molecular complexity index is 403. The van der Waals surface area contributed by atoms with Gasteiger partial charge in [-0.3, -0.25) is 0 Å². The average Bonchev–Trinajstić information content (AvgIpc) is 2.29. The summed E-state index contributed by atoms with van der Waals surface area (Å²) in [5.74, 6) is 0.758. The standard InChI is InChI=1S/C14H21BrN2/c1-9-5-3-4-6-13(9)17-14-7-10(2)12(16)8-11(14)15/h7-9,13,17H,3-6,16H2,1-2H3. The van der Waals surface area contributed by atoms with E-state index in [0.29, 0.717) is 6.04 Å². The van der Waals surface area contributed by atoms with Gasteiger partial charge in [0, 0.05) is 21.9 Å². The fourth-order valence-corrected chi connectivity index (χ4v) is 3.01. The highest BCUT2D eigenvalue weighted by atomic mass is 79.9. The Balaban J connectivity index is 2.15. The molecule has 0 heterocycles. The lowest BCUT2D eigenvalue weighted by atomic mass is 9.86. The van der Waals surface area contributed by atoms with Crippen molar-refractivity contribution in [3.63, 3.8) is 0 Å². The number of halogens is 1. The first-order valence-corrected chi connectivity index (χ1v) is 7.19. The number of aryl methyl sites for hydroxylation is 1. The van der Waals surface area contributed by atoms with Crippen LogP contribution in [0.1, 0.15) is 38.2 Å². The van der Waals surface area contributed by atoms with Gasteiger partial charge >= 0.3 is 0 Å². The second-order valence-electron chi connectivity index (χ2n) is 5.20. The summed E-state index contributed by atoms with van der Waals surface area (Å²) >= 11 is 3.59. The Morgan fingerprint density at radius 1 is 1.29 bits per heavy atom. The molecule has 2 atom stereocenters. The van der Waals surface area contributed by atoms with Crippen molar-refractivity contribution in [3.8, 4) is 0 Å². The van der Waals surface area contributed by atoms with E-state index in [1.54, 1.807) is 0 Å². The molecule has 0 saturated heterocycles. The molecule has 1 aliphatic carbocycles. The van der Waals surface area contributed by atoms with Crippen molar-refractivity contribution in [3.05, 3.63) is 22.2 Å². The smallest absolute Gasteiger partial charge is 0.0491 e. The normalized spacial score (nSPS) is 24.6. The third-order valence-corrected chi connectivity index (χ3v) is 4.46. The highest BCUT2D eigenvalue weighted by molar-refractivity contribution is 9.10. The summed E-state index contributed by atoms with van der Waals surface area (Å²) in [6, 6.07) is 4.73. The minimum atomic E-state index is 0.600. The monoisotopic (exact) mass is 296 g/mol. The topological polar surface area (TPSA) is 38.0 Å². The highest BCUT2D eigenvalue weighted by Gasteiger charge is 2.21. The predicted octanol–water partition coefficient (Wildman–Crippen LogP) is 4.33. The summed E-state index contributed by atoms with van der Waals surface area (Å²) in [4.78, 5) is 0. The summed E-state index contributed by atoms with van der Waals surface area (Å²) in [5.41, 5.74) is 9.05. The Morgan fingerprint density at radius 2 is 2.00 bits per heavy atom. The van der Waals surface area contributed by atoms with Gasteiger partial charge in [0.15, 0.2) is 0 Å². The molecular formula is C14H21BrN2. The number of rotatable bonds is 2. The molecule has 1 saturated carbocycles. The van der Waals surface area contributed by atoms with Gasteiger partial charge in [-0.15, -0.1) is 0 Å². The number of nitrogens with one attached hydrogen (secondary N) is 1. The summed E-state index contributed by atoms with van der Waals surface area (Å²) in [5, 5.41) is 3.66. The van der Waals surface area contributed by atoms with Crippen LogP contribution in [0.4, 0.5) is 11.4 Å². The summed E-state index contributed by atoms with van der Waals surface area (Å²) < 4.78 is 1.07. The molecule has 94 valence electrons. The van der Waals surface area contributed by atoms with E-state index in [2.05, 4.69) is 41.2 Å². The molecule has 0 radical (unpaired) electrons. The van der Waals surface area contributed by atoms with Gasteiger partial charge in [-0.1, -0.05) is 19.8 Å². The lowest BCUT2D eigenvalue weighted by Crippen LogP contribution is -2.30. The van der Waals surface area contributed by atoms with Crippen molar-refractivity contribution in [2.24, 2.45) is 5.92 Å². The van der Waals surface area contributed by atoms with Crippen LogP contribution in [0.5, 0.6) is 0 Å². The van der Waals surface area contributed by atoms with Gasteiger partial charge in [0.2, 0.25) is 0 Å². The van der Waals surface area contributed by atoms with Gasteiger partial charge in [0.1, 0.15) is 0 Å². The van der Waals surface area contributed by atoms with Crippen LogP contribution in [-0.2, 0) is 0 Å². The second kappa shape index (κ2) is 5.30. The average molecular weight is 297 g/mol. The first kappa shape index (κ1) is 12.7. The van der Waals surface area contributed by atoms with E-state index in [4.69, 9.17) is 5.73 Å². The van der Waals surface area contributed by atoms with Crippen LogP contribution in [0.2, 0.25) is 0 Å². The number of nitrogens with two attached hydrogens (primary N) is 1. The van der Waals surface area contributed by atoms with E-state index in [9.17, 15) is 0 Å². The molecule has 2 nitrogen and oxygen atoms in total. The lowest BCUT2D eigenvalue weighted by molar-refractivity contribution is 0.349. The van der Waals surface area contributed by atoms with Crippen LogP contribution in [0, 0.1) is 12.8 Å². The Morgan fingerprint density at radius 3 is 2.71 bits per heavy atom. The molecule has 17 heavy (non-hydrogen) atoms. The van der Waals surface area contributed by atoms with Crippen LogP contribution < -0.4 is 11.1 Å². The second-order valence-corrected chi connectivity index (χ2v) is 6.06. The lowest BCUT2D eigenvalue weighted by Gasteiger charge is -2.31. The third kappa shape index (κ3) is 2.95. The summed E-state index contributed by atoms with van der Waals surface area (Å²) in [7, 11) is 0. The Labute approximate surface area is 112 Å². The Kier molecular flexibility index (Phi) is 3.97. The van der Waals surface area contributed by atoms with Crippen LogP contribution in [0.15, 0.2) is 16.6 Å². The fraction of sp³-hybridized carbons (Fsp3) is 0.571. The fourth-order valence-electron chi connectivity index (χ4n) is 2.54. The van der Waals surface area contributed by atoms with Gasteiger partial charge in [-0.2, -0.15) is 0 Å². The highest BCUT2D eigenvalue weighted by Crippen LogP contribution is 2.32. The Hall–Kier alpha value is -0.700. The summed E-state index contributed by atoms with van der Waals surface area (Å²) in [6.45, 7) is 4.39. The van der Waals surface area contributed by atoms with E-state index < -0.39 is 0 Å². The van der Waals surface area contributed by atoms with Gasteiger partial charge in [0.05, 0.1) is 0 Å². The zero-order chi connectivity index (χ0) is 12.4. The maximum atomic E-state index is 5.89. The summed E-state index contributed by atoms with van der Waals surface area (Å²) in [6.07, 6.45) is 5.33. The van der Waals surface area contributed by atoms with E-state index in [0.717, 1.165) is 21.6 Å². The maximum absolute atomic E-state index is 5.89. The molecule has 1 fully saturated rings. The molecule has 3 heteroatoms. The molecule has 0 bridgehead atoms. The van der Waals surface area contributed by atoms with E-state index in [1.165, 1.54) is 31.4 Å². The molecule has 0 spiro atoms. The van der Waals surface area contributed by atoms with Crippen molar-refractivity contribution in [1.82, 2.24) is 0 Å². The van der Waals surface area contributed by atoms with Crippen molar-refractivity contribution < 1.29 is 0 Å². The molecule has 0 aromatic heterocycles. The third-order valence-electron chi connectivity index (χ3n) is 3.81. The quantitative estimate of drug-likeness (QED) is 0.797. The molecule has 0 aliphatic heterocycles. The molecule has 3 N–H and O–H groups in total.